The molecule has 0 aliphatic rings. The number of nitrogens with two attached hydrogens (primary N) is 1. The minimum absolute atomic E-state index is 0.405. The lowest BCUT2D eigenvalue weighted by Gasteiger charge is -2.27. The Morgan fingerprint density at radius 3 is 2.43 bits per heavy atom. The van der Waals surface area contributed by atoms with Gasteiger partial charge in [-0.05, 0) is 45.1 Å². The first kappa shape index (κ1) is 18.1. The van der Waals surface area contributed by atoms with Crippen molar-refractivity contribution in [2.75, 3.05) is 13.2 Å². The zero-order valence-corrected chi connectivity index (χ0v) is 14.0. The highest BCUT2D eigenvalue weighted by Gasteiger charge is 2.34. The van der Waals surface area contributed by atoms with Crippen LogP contribution in [-0.2, 0) is 16.8 Å². The monoisotopic (exact) mass is 297 g/mol. The maximum absolute atomic E-state index is 5.91. The second-order valence-corrected chi connectivity index (χ2v) is 5.54. The number of hydrogen-bond acceptors (Lipinski definition) is 5. The van der Waals surface area contributed by atoms with Crippen molar-refractivity contribution in [3.63, 3.8) is 0 Å². The third-order valence-electron chi connectivity index (χ3n) is 4.36. The molecule has 122 valence electrons. The average Bonchev–Trinajstić information content (AvgIpc) is 2.98. The summed E-state index contributed by atoms with van der Waals surface area (Å²) in [5, 5.41) is 4.16. The Morgan fingerprint density at radius 1 is 1.19 bits per heavy atom. The average molecular weight is 297 g/mol. The van der Waals surface area contributed by atoms with Crippen LogP contribution in [0.4, 0.5) is 0 Å². The molecule has 0 aliphatic heterocycles. The molecule has 0 radical (unpaired) electrons. The van der Waals surface area contributed by atoms with E-state index in [2.05, 4.69) is 30.9 Å². The number of ether oxygens (including phenoxy) is 1. The molecular weight excluding hydrogens is 266 g/mol. The van der Waals surface area contributed by atoms with E-state index < -0.39 is 5.60 Å². The Hall–Kier alpha value is -0.940. The first-order valence-electron chi connectivity index (χ1n) is 8.32. The quantitative estimate of drug-likeness (QED) is 0.677. The zero-order valence-electron chi connectivity index (χ0n) is 14.0. The normalized spacial score (nSPS) is 13.6. The van der Waals surface area contributed by atoms with Crippen LogP contribution in [0.25, 0.3) is 0 Å². The fourth-order valence-electron chi connectivity index (χ4n) is 2.77. The highest BCUT2D eigenvalue weighted by atomic mass is 16.5. The highest BCUT2D eigenvalue weighted by Crippen LogP contribution is 2.31. The summed E-state index contributed by atoms with van der Waals surface area (Å²) in [6.45, 7) is 9.80. The molecule has 0 aromatic carbocycles. The third kappa shape index (κ3) is 4.78. The maximum atomic E-state index is 5.91. The summed E-state index contributed by atoms with van der Waals surface area (Å²) in [5.41, 5.74) is 5.23. The standard InChI is InChI=1S/C16H31N3O2/c1-5-13(11-12-17)9-10-14-18-15(19-21-14)16(6-2,7-3)20-8-4/h13H,5-12,17H2,1-4H3. The molecule has 0 saturated carbocycles. The van der Waals surface area contributed by atoms with Gasteiger partial charge in [-0.15, -0.1) is 0 Å². The van der Waals surface area contributed by atoms with E-state index in [9.17, 15) is 0 Å². The van der Waals surface area contributed by atoms with Crippen LogP contribution in [-0.4, -0.2) is 23.3 Å². The molecule has 0 aliphatic carbocycles. The molecule has 1 heterocycles. The number of aryl methyl sites for hydroxylation is 1. The molecule has 0 saturated heterocycles. The Morgan fingerprint density at radius 2 is 1.90 bits per heavy atom. The van der Waals surface area contributed by atoms with Crippen molar-refractivity contribution in [2.45, 2.75) is 71.8 Å². The Labute approximate surface area is 128 Å². The van der Waals surface area contributed by atoms with Crippen molar-refractivity contribution in [1.29, 1.82) is 0 Å². The molecule has 2 N–H and O–H groups in total. The summed E-state index contributed by atoms with van der Waals surface area (Å²) >= 11 is 0. The lowest BCUT2D eigenvalue weighted by Crippen LogP contribution is -2.29. The van der Waals surface area contributed by atoms with E-state index in [0.717, 1.165) is 45.1 Å². The summed E-state index contributed by atoms with van der Waals surface area (Å²) < 4.78 is 11.3. The highest BCUT2D eigenvalue weighted by molar-refractivity contribution is 5.01. The second kappa shape index (κ2) is 9.15. The third-order valence-corrected chi connectivity index (χ3v) is 4.36. The van der Waals surface area contributed by atoms with Crippen molar-refractivity contribution < 1.29 is 9.26 Å². The molecule has 1 aromatic heterocycles. The fraction of sp³-hybridized carbons (Fsp3) is 0.875. The molecule has 21 heavy (non-hydrogen) atoms. The van der Waals surface area contributed by atoms with Crippen molar-refractivity contribution in [2.24, 2.45) is 11.7 Å². The van der Waals surface area contributed by atoms with Crippen LogP contribution < -0.4 is 5.73 Å². The van der Waals surface area contributed by atoms with Gasteiger partial charge in [-0.3, -0.25) is 0 Å². The number of rotatable bonds is 11. The molecule has 1 atom stereocenters. The van der Waals surface area contributed by atoms with Gasteiger partial charge in [0.25, 0.3) is 0 Å². The van der Waals surface area contributed by atoms with E-state index in [4.69, 9.17) is 15.0 Å². The van der Waals surface area contributed by atoms with Crippen LogP contribution in [0.5, 0.6) is 0 Å². The molecule has 0 spiro atoms. The fourth-order valence-corrected chi connectivity index (χ4v) is 2.77. The summed E-state index contributed by atoms with van der Waals surface area (Å²) in [7, 11) is 0. The van der Waals surface area contributed by atoms with Gasteiger partial charge < -0.3 is 15.0 Å². The zero-order chi connectivity index (χ0) is 15.7. The summed E-state index contributed by atoms with van der Waals surface area (Å²) in [6, 6.07) is 0. The maximum Gasteiger partial charge on any atom is 0.226 e. The van der Waals surface area contributed by atoms with Gasteiger partial charge in [0.2, 0.25) is 11.7 Å². The lowest BCUT2D eigenvalue weighted by molar-refractivity contribution is -0.0583. The van der Waals surface area contributed by atoms with Gasteiger partial charge in [-0.25, -0.2) is 0 Å². The van der Waals surface area contributed by atoms with Crippen molar-refractivity contribution in [3.05, 3.63) is 11.7 Å². The summed E-state index contributed by atoms with van der Waals surface area (Å²) in [4.78, 5) is 4.58. The van der Waals surface area contributed by atoms with E-state index in [0.29, 0.717) is 24.2 Å². The number of aromatic nitrogens is 2. The molecule has 0 bridgehead atoms. The summed E-state index contributed by atoms with van der Waals surface area (Å²) in [6.07, 6.45) is 5.77. The molecular formula is C16H31N3O2. The number of hydrogen-bond donors (Lipinski definition) is 1. The first-order chi connectivity index (χ1) is 10.2. The van der Waals surface area contributed by atoms with Crippen molar-refractivity contribution in [3.8, 4) is 0 Å². The lowest BCUT2D eigenvalue weighted by atomic mass is 9.95. The van der Waals surface area contributed by atoms with E-state index in [1.54, 1.807) is 0 Å². The minimum Gasteiger partial charge on any atom is -0.367 e. The minimum atomic E-state index is -0.405. The van der Waals surface area contributed by atoms with Gasteiger partial charge in [0, 0.05) is 13.0 Å². The van der Waals surface area contributed by atoms with Gasteiger partial charge >= 0.3 is 0 Å². The van der Waals surface area contributed by atoms with Crippen molar-refractivity contribution in [1.82, 2.24) is 10.1 Å². The Balaban J connectivity index is 2.71. The Kier molecular flexibility index (Phi) is 7.89. The molecule has 1 aromatic rings. The van der Waals surface area contributed by atoms with E-state index >= 15 is 0 Å². The van der Waals surface area contributed by atoms with E-state index in [-0.39, 0.29) is 0 Å². The molecule has 1 unspecified atom stereocenters. The molecule has 5 nitrogen and oxygen atoms in total. The van der Waals surface area contributed by atoms with E-state index in [1.807, 2.05) is 6.92 Å². The smallest absolute Gasteiger partial charge is 0.226 e. The van der Waals surface area contributed by atoms with Gasteiger partial charge in [0.05, 0.1) is 0 Å². The predicted molar refractivity (Wildman–Crippen MR) is 84.0 cm³/mol. The van der Waals surface area contributed by atoms with Gasteiger partial charge in [0.1, 0.15) is 5.60 Å². The number of nitrogens with zero attached hydrogens (tertiary/aromatic N) is 2. The Bertz CT molecular complexity index is 389. The van der Waals surface area contributed by atoms with Gasteiger partial charge in [0.15, 0.2) is 0 Å². The summed E-state index contributed by atoms with van der Waals surface area (Å²) in [5.74, 6) is 2.04. The van der Waals surface area contributed by atoms with Crippen LogP contribution in [0.3, 0.4) is 0 Å². The molecule has 1 rings (SSSR count). The molecule has 0 amide bonds. The largest absolute Gasteiger partial charge is 0.367 e. The van der Waals surface area contributed by atoms with Crippen LogP contribution in [0.15, 0.2) is 4.52 Å². The van der Waals surface area contributed by atoms with Crippen molar-refractivity contribution >= 4 is 0 Å². The molecule has 5 heteroatoms. The SMILES string of the molecule is CCOC(CC)(CC)c1noc(CCC(CC)CCN)n1. The van der Waals surface area contributed by atoms with Crippen LogP contribution >= 0.6 is 0 Å². The van der Waals surface area contributed by atoms with E-state index in [1.165, 1.54) is 0 Å². The molecule has 0 fully saturated rings. The topological polar surface area (TPSA) is 74.2 Å². The second-order valence-electron chi connectivity index (χ2n) is 5.54. The van der Waals surface area contributed by atoms with Crippen LogP contribution in [0, 0.1) is 5.92 Å². The van der Waals surface area contributed by atoms with Crippen LogP contribution in [0.1, 0.15) is 71.5 Å². The van der Waals surface area contributed by atoms with Gasteiger partial charge in [-0.1, -0.05) is 32.3 Å². The van der Waals surface area contributed by atoms with Crippen LogP contribution in [0.2, 0.25) is 0 Å². The predicted octanol–water partition coefficient (Wildman–Crippen LogP) is 3.43. The first-order valence-corrected chi connectivity index (χ1v) is 8.32. The van der Waals surface area contributed by atoms with Gasteiger partial charge in [-0.2, -0.15) is 4.98 Å².